The predicted molar refractivity (Wildman–Crippen MR) is 344 cm³/mol. The fourth-order valence-corrected chi connectivity index (χ4v) is 9.84. The standard InChI is InChI=1S/C73H128O6/c1-4-7-10-13-16-18-20-22-24-26-28-30-32-34-36-38-40-42-44-46-48-50-52-54-57-60-63-66-72(75)78-69-70(68-77-71(74)65-62-59-56-15-12-9-6-3)79-73(76)67-64-61-58-55-53-51-49-47-45-43-41-39-37-35-33-31-29-27-25-23-21-19-17-14-11-8-5-2/h7,10,16,18,22,24,28,30,34,36,40,42,46,48,70H,4-6,8-9,11-15,17,19-21,23,25-27,29,31-33,35,37-39,41,43-45,47,49-69H2,1-3H3/b10-7-,18-16-,24-22-,30-28-,36-34-,42-40-,48-46-. The molecule has 0 heterocycles. The quantitative estimate of drug-likeness (QED) is 0.0261. The lowest BCUT2D eigenvalue weighted by Gasteiger charge is -2.18. The normalized spacial score (nSPS) is 12.6. The monoisotopic (exact) mass is 1100 g/mol. The predicted octanol–water partition coefficient (Wildman–Crippen LogP) is 23.4. The SMILES string of the molecule is CC/C=C\C/C=C\C/C=C\C/C=C\C/C=C\C/C=C\C/C=C\CCCCCCCC(=O)OCC(COC(=O)CCCCCCCCC)OC(=O)CCCCCCCCCCCCCCCCCCCCCCCCCCCCC. The number of hydrogen-bond donors (Lipinski definition) is 0. The van der Waals surface area contributed by atoms with Crippen LogP contribution in [-0.4, -0.2) is 37.2 Å². The van der Waals surface area contributed by atoms with E-state index in [0.717, 1.165) is 122 Å². The van der Waals surface area contributed by atoms with Crippen LogP contribution in [0.5, 0.6) is 0 Å². The van der Waals surface area contributed by atoms with Gasteiger partial charge in [0.15, 0.2) is 6.10 Å². The number of hydrogen-bond acceptors (Lipinski definition) is 6. The zero-order valence-electron chi connectivity index (χ0n) is 52.4. The Morgan fingerprint density at radius 2 is 0.494 bits per heavy atom. The molecule has 0 aliphatic heterocycles. The molecule has 1 unspecified atom stereocenters. The summed E-state index contributed by atoms with van der Waals surface area (Å²) in [5.41, 5.74) is 0. The van der Waals surface area contributed by atoms with Crippen molar-refractivity contribution in [3.63, 3.8) is 0 Å². The van der Waals surface area contributed by atoms with Crippen LogP contribution >= 0.6 is 0 Å². The van der Waals surface area contributed by atoms with Crippen LogP contribution in [0.25, 0.3) is 0 Å². The third kappa shape index (κ3) is 65.3. The first-order valence-electron chi connectivity index (χ1n) is 34.1. The number of esters is 3. The van der Waals surface area contributed by atoms with E-state index in [9.17, 15) is 14.4 Å². The van der Waals surface area contributed by atoms with Gasteiger partial charge < -0.3 is 14.2 Å². The number of ether oxygens (including phenoxy) is 3. The summed E-state index contributed by atoms with van der Waals surface area (Å²) in [5, 5.41) is 0. The average molecular weight is 1100 g/mol. The second-order valence-corrected chi connectivity index (χ2v) is 22.7. The molecule has 6 nitrogen and oxygen atoms in total. The second kappa shape index (κ2) is 67.1. The first-order chi connectivity index (χ1) is 39.0. The minimum Gasteiger partial charge on any atom is -0.462 e. The summed E-state index contributed by atoms with van der Waals surface area (Å²) < 4.78 is 16.9. The van der Waals surface area contributed by atoms with E-state index in [1.54, 1.807) is 0 Å². The molecule has 0 aromatic rings. The van der Waals surface area contributed by atoms with Gasteiger partial charge in [-0.05, 0) is 77.0 Å². The van der Waals surface area contributed by atoms with Crippen LogP contribution < -0.4 is 0 Å². The fraction of sp³-hybridized carbons (Fsp3) is 0.767. The fourth-order valence-electron chi connectivity index (χ4n) is 9.84. The summed E-state index contributed by atoms with van der Waals surface area (Å²) in [7, 11) is 0. The lowest BCUT2D eigenvalue weighted by molar-refractivity contribution is -0.167. The smallest absolute Gasteiger partial charge is 0.306 e. The molecular weight excluding hydrogens is 973 g/mol. The molecule has 456 valence electrons. The van der Waals surface area contributed by atoms with E-state index in [2.05, 4.69) is 106 Å². The zero-order chi connectivity index (χ0) is 57.1. The van der Waals surface area contributed by atoms with Gasteiger partial charge in [0.05, 0.1) is 0 Å². The first-order valence-corrected chi connectivity index (χ1v) is 34.1. The van der Waals surface area contributed by atoms with Gasteiger partial charge in [-0.3, -0.25) is 14.4 Å². The van der Waals surface area contributed by atoms with Crippen molar-refractivity contribution >= 4 is 17.9 Å². The van der Waals surface area contributed by atoms with E-state index in [4.69, 9.17) is 14.2 Å². The van der Waals surface area contributed by atoms with E-state index in [0.29, 0.717) is 19.3 Å². The molecule has 0 amide bonds. The molecule has 0 radical (unpaired) electrons. The molecule has 0 N–H and O–H groups in total. The highest BCUT2D eigenvalue weighted by Crippen LogP contribution is 2.18. The van der Waals surface area contributed by atoms with Gasteiger partial charge in [0.2, 0.25) is 0 Å². The lowest BCUT2D eigenvalue weighted by atomic mass is 10.0. The van der Waals surface area contributed by atoms with Crippen molar-refractivity contribution in [2.45, 2.75) is 348 Å². The molecule has 79 heavy (non-hydrogen) atoms. The van der Waals surface area contributed by atoms with Crippen molar-refractivity contribution in [1.29, 1.82) is 0 Å². The molecular formula is C73H128O6. The van der Waals surface area contributed by atoms with Gasteiger partial charge in [-0.15, -0.1) is 0 Å². The van der Waals surface area contributed by atoms with Gasteiger partial charge >= 0.3 is 17.9 Å². The summed E-state index contributed by atoms with van der Waals surface area (Å²) in [4.78, 5) is 38.1. The van der Waals surface area contributed by atoms with Crippen molar-refractivity contribution in [3.8, 4) is 0 Å². The number of carbonyl (C=O) groups is 3. The first kappa shape index (κ1) is 75.6. The Morgan fingerprint density at radius 3 is 0.772 bits per heavy atom. The van der Waals surface area contributed by atoms with Crippen LogP contribution in [0.2, 0.25) is 0 Å². The highest BCUT2D eigenvalue weighted by atomic mass is 16.6. The maximum Gasteiger partial charge on any atom is 0.306 e. The largest absolute Gasteiger partial charge is 0.462 e. The third-order valence-electron chi connectivity index (χ3n) is 14.9. The molecule has 0 rings (SSSR count). The summed E-state index contributed by atoms with van der Waals surface area (Å²) >= 11 is 0. The van der Waals surface area contributed by atoms with E-state index in [1.807, 2.05) is 0 Å². The minimum atomic E-state index is -0.782. The summed E-state index contributed by atoms with van der Waals surface area (Å²) in [6.07, 6.45) is 89.2. The van der Waals surface area contributed by atoms with Crippen molar-refractivity contribution in [2.24, 2.45) is 0 Å². The Balaban J connectivity index is 4.13. The summed E-state index contributed by atoms with van der Waals surface area (Å²) in [6.45, 7) is 6.51. The van der Waals surface area contributed by atoms with Crippen LogP contribution in [0.4, 0.5) is 0 Å². The Morgan fingerprint density at radius 1 is 0.266 bits per heavy atom. The molecule has 6 heteroatoms. The number of unbranched alkanes of at least 4 members (excludes halogenated alkanes) is 37. The third-order valence-corrected chi connectivity index (χ3v) is 14.9. The van der Waals surface area contributed by atoms with E-state index >= 15 is 0 Å². The van der Waals surface area contributed by atoms with E-state index in [1.165, 1.54) is 180 Å². The van der Waals surface area contributed by atoms with Crippen LogP contribution in [0.3, 0.4) is 0 Å². The topological polar surface area (TPSA) is 78.9 Å². The van der Waals surface area contributed by atoms with E-state index in [-0.39, 0.29) is 31.1 Å². The molecule has 0 aliphatic rings. The van der Waals surface area contributed by atoms with Gasteiger partial charge in [-0.25, -0.2) is 0 Å². The number of allylic oxidation sites excluding steroid dienone is 14. The summed E-state index contributed by atoms with van der Waals surface area (Å²) in [5.74, 6) is -0.891. The number of rotatable bonds is 62. The Labute approximate surface area is 490 Å². The maximum atomic E-state index is 12.9. The lowest BCUT2D eigenvalue weighted by Crippen LogP contribution is -2.30. The Hall–Kier alpha value is -3.41. The number of carbonyl (C=O) groups excluding carboxylic acids is 3. The summed E-state index contributed by atoms with van der Waals surface area (Å²) in [6, 6.07) is 0. The van der Waals surface area contributed by atoms with Crippen molar-refractivity contribution in [2.75, 3.05) is 13.2 Å². The molecule has 0 aliphatic carbocycles. The zero-order valence-corrected chi connectivity index (χ0v) is 52.4. The molecule has 0 bridgehead atoms. The molecule has 0 fully saturated rings. The molecule has 1 atom stereocenters. The van der Waals surface area contributed by atoms with Gasteiger partial charge in [0.25, 0.3) is 0 Å². The molecule has 0 aromatic carbocycles. The van der Waals surface area contributed by atoms with E-state index < -0.39 is 6.10 Å². The van der Waals surface area contributed by atoms with Crippen molar-refractivity contribution in [1.82, 2.24) is 0 Å². The molecule has 0 aromatic heterocycles. The Bertz CT molecular complexity index is 1500. The van der Waals surface area contributed by atoms with Gasteiger partial charge in [-0.2, -0.15) is 0 Å². The molecule has 0 spiro atoms. The molecule has 0 saturated heterocycles. The highest BCUT2D eigenvalue weighted by Gasteiger charge is 2.19. The van der Waals surface area contributed by atoms with Crippen LogP contribution in [0.15, 0.2) is 85.1 Å². The van der Waals surface area contributed by atoms with Crippen LogP contribution in [-0.2, 0) is 28.6 Å². The van der Waals surface area contributed by atoms with Gasteiger partial charge in [-0.1, -0.05) is 331 Å². The maximum absolute atomic E-state index is 12.9. The highest BCUT2D eigenvalue weighted by molar-refractivity contribution is 5.71. The second-order valence-electron chi connectivity index (χ2n) is 22.7. The minimum absolute atomic E-state index is 0.0796. The van der Waals surface area contributed by atoms with Gasteiger partial charge in [0, 0.05) is 19.3 Å². The Kier molecular flexibility index (Phi) is 64.2. The van der Waals surface area contributed by atoms with Crippen molar-refractivity contribution < 1.29 is 28.6 Å². The molecule has 0 saturated carbocycles. The van der Waals surface area contributed by atoms with Crippen LogP contribution in [0.1, 0.15) is 342 Å². The van der Waals surface area contributed by atoms with Crippen molar-refractivity contribution in [3.05, 3.63) is 85.1 Å². The van der Waals surface area contributed by atoms with Gasteiger partial charge in [0.1, 0.15) is 13.2 Å². The van der Waals surface area contributed by atoms with Crippen LogP contribution in [0, 0.1) is 0 Å². The average Bonchev–Trinajstić information content (AvgIpc) is 3.45.